The molecular weight excluding hydrogens is 250 g/mol. The number of nitrogens with zero attached hydrogens (tertiary/aromatic N) is 2. The molecule has 2 aliphatic rings. The molecule has 2 N–H and O–H groups in total. The van der Waals surface area contributed by atoms with E-state index in [1.165, 1.54) is 58.3 Å². The average molecular weight is 283 g/mol. The summed E-state index contributed by atoms with van der Waals surface area (Å²) in [4.78, 5) is 5.05. The first-order valence-electron chi connectivity index (χ1n) is 8.41. The van der Waals surface area contributed by atoms with Gasteiger partial charge >= 0.3 is 0 Å². The van der Waals surface area contributed by atoms with Crippen molar-refractivity contribution in [1.82, 2.24) is 15.1 Å². The predicted molar refractivity (Wildman–Crippen MR) is 84.0 cm³/mol. The van der Waals surface area contributed by atoms with E-state index in [0.717, 1.165) is 13.0 Å². The van der Waals surface area contributed by atoms with Crippen molar-refractivity contribution < 1.29 is 5.11 Å². The van der Waals surface area contributed by atoms with Gasteiger partial charge in [0, 0.05) is 18.6 Å². The van der Waals surface area contributed by atoms with E-state index >= 15 is 0 Å². The molecule has 2 atom stereocenters. The topological polar surface area (TPSA) is 38.7 Å². The van der Waals surface area contributed by atoms with Gasteiger partial charge in [-0.25, -0.2) is 0 Å². The molecule has 1 aliphatic carbocycles. The molecule has 0 radical (unpaired) electrons. The second kappa shape index (κ2) is 7.74. The Bertz CT molecular complexity index is 275. The monoisotopic (exact) mass is 283 g/mol. The molecule has 2 fully saturated rings. The third-order valence-corrected chi connectivity index (χ3v) is 5.59. The number of nitrogens with one attached hydrogen (secondary N) is 1. The lowest BCUT2D eigenvalue weighted by Gasteiger charge is -2.34. The van der Waals surface area contributed by atoms with E-state index in [2.05, 4.69) is 22.2 Å². The van der Waals surface area contributed by atoms with Gasteiger partial charge in [0.1, 0.15) is 0 Å². The minimum absolute atomic E-state index is 0.00417. The first kappa shape index (κ1) is 16.2. The number of hydrogen-bond donors (Lipinski definition) is 2. The third kappa shape index (κ3) is 3.94. The van der Waals surface area contributed by atoms with Crippen LogP contribution < -0.4 is 5.32 Å². The maximum Gasteiger partial charge on any atom is 0.0615 e. The van der Waals surface area contributed by atoms with Gasteiger partial charge in [0.25, 0.3) is 0 Å². The van der Waals surface area contributed by atoms with Crippen molar-refractivity contribution in [2.75, 3.05) is 53.4 Å². The first-order chi connectivity index (χ1) is 9.70. The highest BCUT2D eigenvalue weighted by Crippen LogP contribution is 2.37. The van der Waals surface area contributed by atoms with Crippen LogP contribution in [0.25, 0.3) is 0 Å². The summed E-state index contributed by atoms with van der Waals surface area (Å²) in [6.45, 7) is 6.43. The Kier molecular flexibility index (Phi) is 6.27. The zero-order valence-electron chi connectivity index (χ0n) is 13.4. The Labute approximate surface area is 124 Å². The van der Waals surface area contributed by atoms with Gasteiger partial charge in [0.2, 0.25) is 0 Å². The molecule has 0 aromatic heterocycles. The zero-order valence-corrected chi connectivity index (χ0v) is 13.4. The van der Waals surface area contributed by atoms with E-state index < -0.39 is 0 Å². The highest BCUT2D eigenvalue weighted by atomic mass is 16.3. The van der Waals surface area contributed by atoms with Crippen molar-refractivity contribution in [2.24, 2.45) is 5.92 Å². The summed E-state index contributed by atoms with van der Waals surface area (Å²) in [5.74, 6) is 0.631. The molecule has 1 saturated heterocycles. The fourth-order valence-corrected chi connectivity index (χ4v) is 3.99. The van der Waals surface area contributed by atoms with E-state index in [-0.39, 0.29) is 12.1 Å². The number of likely N-dealkylation sites (tertiary alicyclic amines) is 1. The van der Waals surface area contributed by atoms with Crippen LogP contribution >= 0.6 is 0 Å². The van der Waals surface area contributed by atoms with Crippen LogP contribution in [0, 0.1) is 5.92 Å². The molecule has 20 heavy (non-hydrogen) atoms. The molecule has 4 nitrogen and oxygen atoms in total. The van der Waals surface area contributed by atoms with Crippen LogP contribution in [-0.2, 0) is 0 Å². The summed E-state index contributed by atoms with van der Waals surface area (Å²) < 4.78 is 0. The summed E-state index contributed by atoms with van der Waals surface area (Å²) >= 11 is 0. The molecule has 2 rings (SSSR count). The van der Waals surface area contributed by atoms with Crippen molar-refractivity contribution in [3.8, 4) is 0 Å². The third-order valence-electron chi connectivity index (χ3n) is 5.59. The van der Waals surface area contributed by atoms with Gasteiger partial charge in [-0.2, -0.15) is 0 Å². The van der Waals surface area contributed by atoms with Crippen LogP contribution in [0.3, 0.4) is 0 Å². The molecule has 118 valence electrons. The van der Waals surface area contributed by atoms with Crippen molar-refractivity contribution in [3.05, 3.63) is 0 Å². The number of aliphatic hydroxyl groups is 1. The van der Waals surface area contributed by atoms with Crippen molar-refractivity contribution >= 4 is 0 Å². The van der Waals surface area contributed by atoms with Gasteiger partial charge in [-0.3, -0.25) is 0 Å². The average Bonchev–Trinajstić information content (AvgIpc) is 3.12. The van der Waals surface area contributed by atoms with Crippen molar-refractivity contribution in [1.29, 1.82) is 0 Å². The lowest BCUT2D eigenvalue weighted by Crippen LogP contribution is -2.50. The van der Waals surface area contributed by atoms with E-state index in [4.69, 9.17) is 0 Å². The van der Waals surface area contributed by atoms with Crippen LogP contribution in [0.2, 0.25) is 0 Å². The molecule has 0 aromatic carbocycles. The summed E-state index contributed by atoms with van der Waals surface area (Å²) in [5.41, 5.74) is -0.00417. The quantitative estimate of drug-likeness (QED) is 0.701. The van der Waals surface area contributed by atoms with E-state index in [1.807, 2.05) is 7.05 Å². The van der Waals surface area contributed by atoms with Gasteiger partial charge in [-0.1, -0.05) is 6.42 Å². The number of hydrogen-bond acceptors (Lipinski definition) is 4. The van der Waals surface area contributed by atoms with Gasteiger partial charge < -0.3 is 20.2 Å². The lowest BCUT2D eigenvalue weighted by molar-refractivity contribution is 0.119. The fraction of sp³-hybridized carbons (Fsp3) is 1.00. The van der Waals surface area contributed by atoms with E-state index in [9.17, 15) is 5.11 Å². The normalized spacial score (nSPS) is 31.5. The minimum Gasteiger partial charge on any atom is -0.394 e. The summed E-state index contributed by atoms with van der Waals surface area (Å²) in [6, 6.07) is 0. The molecule has 0 bridgehead atoms. The fourth-order valence-electron chi connectivity index (χ4n) is 3.99. The Hall–Kier alpha value is -0.160. The lowest BCUT2D eigenvalue weighted by atomic mass is 9.85. The number of likely N-dealkylation sites (N-methyl/N-ethyl adjacent to an activating group) is 2. The number of rotatable bonds is 8. The SMILES string of the molecule is CNC1(CO)CCCC1CCN(C)CCN1CCCC1. The van der Waals surface area contributed by atoms with Gasteiger partial charge in [0.05, 0.1) is 6.61 Å². The molecule has 0 aromatic rings. The van der Waals surface area contributed by atoms with Gasteiger partial charge in [0.15, 0.2) is 0 Å². The Balaban J connectivity index is 1.68. The highest BCUT2D eigenvalue weighted by molar-refractivity contribution is 4.98. The second-order valence-corrected chi connectivity index (χ2v) is 6.79. The summed E-state index contributed by atoms with van der Waals surface area (Å²) in [6.07, 6.45) is 7.62. The van der Waals surface area contributed by atoms with Gasteiger partial charge in [-0.15, -0.1) is 0 Å². The van der Waals surface area contributed by atoms with Crippen LogP contribution in [0.15, 0.2) is 0 Å². The van der Waals surface area contributed by atoms with Gasteiger partial charge in [-0.05, 0) is 71.8 Å². The summed E-state index contributed by atoms with van der Waals surface area (Å²) in [5, 5.41) is 13.1. The van der Waals surface area contributed by atoms with E-state index in [1.54, 1.807) is 0 Å². The minimum atomic E-state index is -0.00417. The first-order valence-corrected chi connectivity index (χ1v) is 8.41. The van der Waals surface area contributed by atoms with Crippen molar-refractivity contribution in [2.45, 2.75) is 44.1 Å². The van der Waals surface area contributed by atoms with Crippen LogP contribution in [0.5, 0.6) is 0 Å². The molecule has 0 spiro atoms. The Morgan fingerprint density at radius 1 is 1.25 bits per heavy atom. The number of aliphatic hydroxyl groups excluding tert-OH is 1. The van der Waals surface area contributed by atoms with Crippen LogP contribution in [0.4, 0.5) is 0 Å². The summed E-state index contributed by atoms with van der Waals surface area (Å²) in [7, 11) is 4.25. The molecular formula is C16H33N3O. The van der Waals surface area contributed by atoms with E-state index in [0.29, 0.717) is 5.92 Å². The Morgan fingerprint density at radius 2 is 2.00 bits per heavy atom. The maximum atomic E-state index is 9.72. The zero-order chi connectivity index (χ0) is 14.4. The Morgan fingerprint density at radius 3 is 2.65 bits per heavy atom. The molecule has 0 amide bonds. The molecule has 2 unspecified atom stereocenters. The smallest absolute Gasteiger partial charge is 0.0615 e. The van der Waals surface area contributed by atoms with Crippen LogP contribution in [-0.4, -0.2) is 73.9 Å². The van der Waals surface area contributed by atoms with Crippen LogP contribution in [0.1, 0.15) is 38.5 Å². The molecule has 4 heteroatoms. The highest BCUT2D eigenvalue weighted by Gasteiger charge is 2.40. The predicted octanol–water partition coefficient (Wildman–Crippen LogP) is 1.15. The largest absolute Gasteiger partial charge is 0.394 e. The second-order valence-electron chi connectivity index (χ2n) is 6.79. The molecule has 1 aliphatic heterocycles. The maximum absolute atomic E-state index is 9.72. The van der Waals surface area contributed by atoms with Crippen molar-refractivity contribution in [3.63, 3.8) is 0 Å². The molecule has 1 saturated carbocycles. The standard InChI is InChI=1S/C16H33N3O/c1-17-16(14-20)8-5-6-15(16)7-11-18(2)12-13-19-9-3-4-10-19/h15,17,20H,3-14H2,1-2H3. The molecule has 1 heterocycles.